The van der Waals surface area contributed by atoms with Crippen molar-refractivity contribution in [3.8, 4) is 11.3 Å². The van der Waals surface area contributed by atoms with Crippen LogP contribution in [0.1, 0.15) is 24.2 Å². The summed E-state index contributed by atoms with van der Waals surface area (Å²) in [5, 5.41) is 13.8. The summed E-state index contributed by atoms with van der Waals surface area (Å²) in [7, 11) is 0. The molecule has 0 saturated carbocycles. The molecule has 1 aliphatic heterocycles. The summed E-state index contributed by atoms with van der Waals surface area (Å²) in [5.74, 6) is 0.856. The molecule has 2 aromatic rings. The number of aliphatic hydroxyl groups excluding tert-OH is 1. The zero-order chi connectivity index (χ0) is 13.9. The number of aromatic nitrogens is 1. The average Bonchev–Trinajstić information content (AvgIpc) is 2.88. The number of aryl methyl sites for hydroxylation is 1. The van der Waals surface area contributed by atoms with Crippen molar-refractivity contribution in [3.05, 3.63) is 41.7 Å². The maximum atomic E-state index is 9.68. The number of β-amino-alcohol motifs (C(OH)–C–C–N with tert-alkyl or cyclic N) is 1. The van der Waals surface area contributed by atoms with Crippen LogP contribution in [0.15, 0.2) is 34.9 Å². The fraction of sp³-hybridized carbons (Fsp3) is 0.438. The van der Waals surface area contributed by atoms with Crippen LogP contribution in [0, 0.1) is 6.92 Å². The lowest BCUT2D eigenvalue weighted by Gasteiger charge is -2.28. The van der Waals surface area contributed by atoms with E-state index in [1.165, 1.54) is 5.56 Å². The Balaban J connectivity index is 1.69. The maximum Gasteiger partial charge on any atom is 0.151 e. The Kier molecular flexibility index (Phi) is 3.85. The van der Waals surface area contributed by atoms with E-state index < -0.39 is 0 Å². The van der Waals surface area contributed by atoms with Gasteiger partial charge in [-0.2, -0.15) is 0 Å². The lowest BCUT2D eigenvalue weighted by molar-refractivity contribution is 0.0622. The second-order valence-electron chi connectivity index (χ2n) is 5.58. The molecule has 4 heteroatoms. The van der Waals surface area contributed by atoms with E-state index in [0.29, 0.717) is 0 Å². The number of rotatable bonds is 3. The van der Waals surface area contributed by atoms with Crippen LogP contribution in [0.2, 0.25) is 0 Å². The van der Waals surface area contributed by atoms with Gasteiger partial charge < -0.3 is 9.63 Å². The number of aliphatic hydroxyl groups is 1. The van der Waals surface area contributed by atoms with Crippen LogP contribution in [0.4, 0.5) is 0 Å². The summed E-state index contributed by atoms with van der Waals surface area (Å²) in [6, 6.07) is 10.3. The predicted molar refractivity (Wildman–Crippen MR) is 77.2 cm³/mol. The molecule has 106 valence electrons. The van der Waals surface area contributed by atoms with Gasteiger partial charge in [-0.25, -0.2) is 0 Å². The number of benzene rings is 1. The smallest absolute Gasteiger partial charge is 0.151 e. The second kappa shape index (κ2) is 5.77. The highest BCUT2D eigenvalue weighted by molar-refractivity contribution is 5.59. The molecule has 1 N–H and O–H groups in total. The second-order valence-corrected chi connectivity index (χ2v) is 5.58. The van der Waals surface area contributed by atoms with E-state index in [2.05, 4.69) is 41.2 Å². The van der Waals surface area contributed by atoms with Crippen LogP contribution >= 0.6 is 0 Å². The summed E-state index contributed by atoms with van der Waals surface area (Å²) >= 11 is 0. The molecule has 0 radical (unpaired) electrons. The molecule has 0 bridgehead atoms. The molecule has 0 aliphatic carbocycles. The number of hydrogen-bond acceptors (Lipinski definition) is 4. The highest BCUT2D eigenvalue weighted by Gasteiger charge is 2.19. The van der Waals surface area contributed by atoms with Crippen molar-refractivity contribution in [1.29, 1.82) is 0 Å². The minimum atomic E-state index is -0.205. The SMILES string of the molecule is Cc1ccc(-c2cc(CN3CCC[C@H](O)C3)on2)cc1. The molecule has 4 nitrogen and oxygen atoms in total. The van der Waals surface area contributed by atoms with Gasteiger partial charge in [-0.1, -0.05) is 35.0 Å². The van der Waals surface area contributed by atoms with Gasteiger partial charge in [0.05, 0.1) is 12.6 Å². The van der Waals surface area contributed by atoms with Crippen LogP contribution in [0.25, 0.3) is 11.3 Å². The van der Waals surface area contributed by atoms with Crippen molar-refractivity contribution in [1.82, 2.24) is 10.1 Å². The maximum absolute atomic E-state index is 9.68. The Morgan fingerprint density at radius 3 is 2.90 bits per heavy atom. The van der Waals surface area contributed by atoms with Crippen molar-refractivity contribution in [2.75, 3.05) is 13.1 Å². The molecule has 1 aromatic carbocycles. The monoisotopic (exact) mass is 272 g/mol. The minimum Gasteiger partial charge on any atom is -0.392 e. The number of piperidine rings is 1. The van der Waals surface area contributed by atoms with E-state index in [0.717, 1.165) is 49.5 Å². The number of hydrogen-bond donors (Lipinski definition) is 1. The molecular formula is C16H20N2O2. The zero-order valence-electron chi connectivity index (χ0n) is 11.7. The van der Waals surface area contributed by atoms with Crippen LogP contribution < -0.4 is 0 Å². The Morgan fingerprint density at radius 1 is 1.35 bits per heavy atom. The molecule has 1 aromatic heterocycles. The standard InChI is InChI=1S/C16H20N2O2/c1-12-4-6-13(7-5-12)16-9-15(20-17-16)11-18-8-2-3-14(19)10-18/h4-7,9,14,19H,2-3,8,10-11H2,1H3/t14-/m0/s1. The molecule has 1 atom stereocenters. The van der Waals surface area contributed by atoms with Crippen molar-refractivity contribution < 1.29 is 9.63 Å². The third-order valence-electron chi connectivity index (χ3n) is 3.77. The number of nitrogens with zero attached hydrogens (tertiary/aromatic N) is 2. The first-order valence-corrected chi connectivity index (χ1v) is 7.14. The fourth-order valence-corrected chi connectivity index (χ4v) is 2.64. The average molecular weight is 272 g/mol. The Labute approximate surface area is 119 Å². The van der Waals surface area contributed by atoms with E-state index in [9.17, 15) is 5.11 Å². The first kappa shape index (κ1) is 13.3. The van der Waals surface area contributed by atoms with Crippen LogP contribution in [-0.4, -0.2) is 34.4 Å². The number of likely N-dealkylation sites (tertiary alicyclic amines) is 1. The van der Waals surface area contributed by atoms with E-state index >= 15 is 0 Å². The van der Waals surface area contributed by atoms with Gasteiger partial charge in [-0.05, 0) is 26.3 Å². The predicted octanol–water partition coefficient (Wildman–Crippen LogP) is 2.61. The summed E-state index contributed by atoms with van der Waals surface area (Å²) < 4.78 is 5.41. The third-order valence-corrected chi connectivity index (χ3v) is 3.77. The van der Waals surface area contributed by atoms with Crippen molar-refractivity contribution in [3.63, 3.8) is 0 Å². The van der Waals surface area contributed by atoms with Gasteiger partial charge in [0, 0.05) is 18.2 Å². The van der Waals surface area contributed by atoms with Gasteiger partial charge >= 0.3 is 0 Å². The summed E-state index contributed by atoms with van der Waals surface area (Å²) in [4.78, 5) is 2.22. The topological polar surface area (TPSA) is 49.5 Å². The lowest BCUT2D eigenvalue weighted by Crippen LogP contribution is -2.37. The van der Waals surface area contributed by atoms with Crippen molar-refractivity contribution in [2.45, 2.75) is 32.4 Å². The molecule has 1 fully saturated rings. The Bertz CT molecular complexity index is 562. The Morgan fingerprint density at radius 2 is 2.15 bits per heavy atom. The van der Waals surface area contributed by atoms with E-state index in [1.54, 1.807) is 0 Å². The van der Waals surface area contributed by atoms with Gasteiger partial charge in [0.25, 0.3) is 0 Å². The first-order valence-electron chi connectivity index (χ1n) is 7.14. The molecule has 0 amide bonds. The molecule has 1 saturated heterocycles. The van der Waals surface area contributed by atoms with Gasteiger partial charge in [-0.3, -0.25) is 4.90 Å². The highest BCUT2D eigenvalue weighted by atomic mass is 16.5. The molecule has 3 rings (SSSR count). The van der Waals surface area contributed by atoms with Crippen LogP contribution in [0.5, 0.6) is 0 Å². The largest absolute Gasteiger partial charge is 0.392 e. The fourth-order valence-electron chi connectivity index (χ4n) is 2.64. The van der Waals surface area contributed by atoms with Gasteiger partial charge in [-0.15, -0.1) is 0 Å². The Hall–Kier alpha value is -1.65. The minimum absolute atomic E-state index is 0.205. The molecule has 20 heavy (non-hydrogen) atoms. The quantitative estimate of drug-likeness (QED) is 0.933. The van der Waals surface area contributed by atoms with Crippen LogP contribution in [0.3, 0.4) is 0 Å². The molecule has 2 heterocycles. The van der Waals surface area contributed by atoms with Gasteiger partial charge in [0.15, 0.2) is 5.76 Å². The van der Waals surface area contributed by atoms with Gasteiger partial charge in [0.2, 0.25) is 0 Å². The highest BCUT2D eigenvalue weighted by Crippen LogP contribution is 2.21. The molecule has 1 aliphatic rings. The summed E-state index contributed by atoms with van der Waals surface area (Å²) in [5.41, 5.74) is 3.18. The zero-order valence-corrected chi connectivity index (χ0v) is 11.7. The summed E-state index contributed by atoms with van der Waals surface area (Å²) in [6.07, 6.45) is 1.74. The lowest BCUT2D eigenvalue weighted by atomic mass is 10.1. The normalized spacial score (nSPS) is 20.2. The third kappa shape index (κ3) is 3.08. The molecule has 0 unspecified atom stereocenters. The molecule has 0 spiro atoms. The van der Waals surface area contributed by atoms with Crippen molar-refractivity contribution in [2.24, 2.45) is 0 Å². The first-order chi connectivity index (χ1) is 9.70. The van der Waals surface area contributed by atoms with E-state index in [4.69, 9.17) is 4.52 Å². The van der Waals surface area contributed by atoms with Crippen LogP contribution in [-0.2, 0) is 6.54 Å². The molecular weight excluding hydrogens is 252 g/mol. The van der Waals surface area contributed by atoms with E-state index in [1.807, 2.05) is 6.07 Å². The van der Waals surface area contributed by atoms with Gasteiger partial charge in [0.1, 0.15) is 5.69 Å². The van der Waals surface area contributed by atoms with E-state index in [-0.39, 0.29) is 6.10 Å². The van der Waals surface area contributed by atoms with Crippen molar-refractivity contribution >= 4 is 0 Å². The summed E-state index contributed by atoms with van der Waals surface area (Å²) in [6.45, 7) is 4.52.